The molecule has 0 amide bonds. The predicted molar refractivity (Wildman–Crippen MR) is 80.4 cm³/mol. The van der Waals surface area contributed by atoms with Gasteiger partial charge in [-0.15, -0.1) is 0 Å². The molecule has 22 heavy (non-hydrogen) atoms. The predicted octanol–water partition coefficient (Wildman–Crippen LogP) is 4.35. The first-order chi connectivity index (χ1) is 10.4. The van der Waals surface area contributed by atoms with E-state index in [0.717, 1.165) is 0 Å². The second kappa shape index (κ2) is 5.53. The Kier molecular flexibility index (Phi) is 3.84. The molecule has 0 aliphatic heterocycles. The molecule has 1 saturated carbocycles. The van der Waals surface area contributed by atoms with Gasteiger partial charge in [-0.3, -0.25) is 9.36 Å². The maximum atomic E-state index is 13.0. The third-order valence-corrected chi connectivity index (χ3v) is 4.61. The van der Waals surface area contributed by atoms with E-state index in [9.17, 15) is 18.0 Å². The number of rotatable bonds is 1. The summed E-state index contributed by atoms with van der Waals surface area (Å²) in [6.07, 6.45) is -3.19. The Bertz CT molecular complexity index is 809. The molecule has 2 atom stereocenters. The van der Waals surface area contributed by atoms with E-state index in [2.05, 4.69) is 4.98 Å². The minimum atomic E-state index is -4.22. The minimum absolute atomic E-state index is 0.0841. The van der Waals surface area contributed by atoms with Crippen LogP contribution in [0.25, 0.3) is 10.9 Å². The second-order valence-electron chi connectivity index (χ2n) is 5.71. The van der Waals surface area contributed by atoms with Gasteiger partial charge < -0.3 is 4.98 Å². The van der Waals surface area contributed by atoms with Crippen LogP contribution in [0.5, 0.6) is 0 Å². The zero-order valence-electron chi connectivity index (χ0n) is 11.7. The summed E-state index contributed by atoms with van der Waals surface area (Å²) in [7, 11) is 0. The third kappa shape index (κ3) is 2.69. The molecule has 3 nitrogen and oxygen atoms in total. The molecule has 1 N–H and O–H groups in total. The number of fused-ring (bicyclic) bond motifs is 1. The number of hydrogen-bond donors (Lipinski definition) is 1. The summed E-state index contributed by atoms with van der Waals surface area (Å²) in [5, 5.41) is 0.449. The molecule has 0 saturated heterocycles. The monoisotopic (exact) mass is 328 g/mol. The number of alkyl halides is 3. The molecule has 2 aromatic rings. The Morgan fingerprint density at radius 3 is 2.68 bits per heavy atom. The Hall–Kier alpha value is -1.63. The van der Waals surface area contributed by atoms with Crippen LogP contribution in [-0.4, -0.2) is 15.7 Å². The first kappa shape index (κ1) is 15.3. The van der Waals surface area contributed by atoms with Crippen molar-refractivity contribution in [1.82, 2.24) is 9.55 Å². The minimum Gasteiger partial charge on any atom is -0.332 e. The van der Waals surface area contributed by atoms with E-state index in [1.165, 1.54) is 4.57 Å². The zero-order valence-corrected chi connectivity index (χ0v) is 12.5. The van der Waals surface area contributed by atoms with Crippen LogP contribution in [-0.2, 0) is 0 Å². The lowest BCUT2D eigenvalue weighted by atomic mass is 9.85. The van der Waals surface area contributed by atoms with Gasteiger partial charge in [0.05, 0.1) is 16.8 Å². The van der Waals surface area contributed by atoms with Crippen molar-refractivity contribution in [2.45, 2.75) is 37.9 Å². The highest BCUT2D eigenvalue weighted by Gasteiger charge is 2.42. The fourth-order valence-electron chi connectivity index (χ4n) is 3.20. The van der Waals surface area contributed by atoms with Gasteiger partial charge in [0.1, 0.15) is 0 Å². The molecule has 3 rings (SSSR count). The molecule has 1 aliphatic carbocycles. The highest BCUT2D eigenvalue weighted by atomic mass is 32.1. The van der Waals surface area contributed by atoms with E-state index in [0.29, 0.717) is 23.7 Å². The lowest BCUT2D eigenvalue weighted by Gasteiger charge is -2.31. The number of para-hydroxylation sites is 1. The smallest absolute Gasteiger partial charge is 0.332 e. The van der Waals surface area contributed by atoms with Gasteiger partial charge in [-0.1, -0.05) is 18.6 Å². The van der Waals surface area contributed by atoms with Crippen molar-refractivity contribution in [2.75, 3.05) is 0 Å². The number of halogens is 3. The quantitative estimate of drug-likeness (QED) is 0.790. The molecule has 1 heterocycles. The van der Waals surface area contributed by atoms with Crippen LogP contribution in [0.1, 0.15) is 31.7 Å². The topological polar surface area (TPSA) is 37.8 Å². The average molecular weight is 328 g/mol. The van der Waals surface area contributed by atoms with Gasteiger partial charge in [0.15, 0.2) is 4.77 Å². The van der Waals surface area contributed by atoms with Crippen molar-refractivity contribution in [3.63, 3.8) is 0 Å². The molecule has 1 fully saturated rings. The summed E-state index contributed by atoms with van der Waals surface area (Å²) in [6, 6.07) is 6.39. The van der Waals surface area contributed by atoms with E-state index in [4.69, 9.17) is 12.2 Å². The second-order valence-corrected chi connectivity index (χ2v) is 6.10. The summed E-state index contributed by atoms with van der Waals surface area (Å²) in [6.45, 7) is 0. The standard InChI is InChI=1S/C15H15F3N2OS/c16-15(17,18)9-4-3-5-10(8-9)20-13(21)11-6-1-2-7-12(11)19-14(20)22/h1-2,6-7,9-10H,3-5,8H2,(H,19,22). The van der Waals surface area contributed by atoms with Gasteiger partial charge in [0.25, 0.3) is 5.56 Å². The van der Waals surface area contributed by atoms with Gasteiger partial charge in [-0.2, -0.15) is 13.2 Å². The number of hydrogen-bond acceptors (Lipinski definition) is 2. The first-order valence-corrected chi connectivity index (χ1v) is 7.59. The normalized spacial score (nSPS) is 22.9. The summed E-state index contributed by atoms with van der Waals surface area (Å²) in [5.74, 6) is -1.36. The number of aromatic nitrogens is 2. The summed E-state index contributed by atoms with van der Waals surface area (Å²) in [4.78, 5) is 15.5. The highest BCUT2D eigenvalue weighted by molar-refractivity contribution is 7.71. The van der Waals surface area contributed by atoms with Gasteiger partial charge in [-0.25, -0.2) is 0 Å². The number of H-pyrrole nitrogens is 1. The first-order valence-electron chi connectivity index (χ1n) is 7.18. The number of nitrogens with one attached hydrogen (secondary N) is 1. The van der Waals surface area contributed by atoms with Crippen molar-refractivity contribution in [3.8, 4) is 0 Å². The summed E-state index contributed by atoms with van der Waals surface area (Å²) < 4.78 is 40.4. The van der Waals surface area contributed by atoms with Crippen molar-refractivity contribution >= 4 is 23.1 Å². The molecule has 2 unspecified atom stereocenters. The van der Waals surface area contributed by atoms with Gasteiger partial charge in [0, 0.05) is 6.04 Å². The summed E-state index contributed by atoms with van der Waals surface area (Å²) in [5.41, 5.74) is 0.295. The van der Waals surface area contributed by atoms with Crippen LogP contribution >= 0.6 is 12.2 Å². The molecule has 1 aromatic heterocycles. The van der Waals surface area contributed by atoms with Crippen LogP contribution in [0.2, 0.25) is 0 Å². The average Bonchev–Trinajstić information content (AvgIpc) is 2.47. The number of nitrogens with zero attached hydrogens (tertiary/aromatic N) is 1. The maximum absolute atomic E-state index is 13.0. The lowest BCUT2D eigenvalue weighted by Crippen LogP contribution is -2.34. The SMILES string of the molecule is O=c1c2ccccc2[nH]c(=S)n1C1CCCC(C(F)(F)F)C1. The third-order valence-electron chi connectivity index (χ3n) is 4.31. The molecular formula is C15H15F3N2OS. The molecule has 0 bridgehead atoms. The lowest BCUT2D eigenvalue weighted by molar-refractivity contribution is -0.185. The Balaban J connectivity index is 2.07. The van der Waals surface area contributed by atoms with Gasteiger partial charge in [0.2, 0.25) is 0 Å². The number of aromatic amines is 1. The molecule has 1 aromatic carbocycles. The summed E-state index contributed by atoms with van der Waals surface area (Å²) >= 11 is 5.21. The van der Waals surface area contributed by atoms with Gasteiger partial charge >= 0.3 is 6.18 Å². The molecule has 7 heteroatoms. The van der Waals surface area contributed by atoms with Crippen LogP contribution in [0.3, 0.4) is 0 Å². The molecular weight excluding hydrogens is 313 g/mol. The van der Waals surface area contributed by atoms with Crippen molar-refractivity contribution < 1.29 is 13.2 Å². The van der Waals surface area contributed by atoms with E-state index < -0.39 is 18.1 Å². The largest absolute Gasteiger partial charge is 0.391 e. The Morgan fingerprint density at radius 2 is 1.95 bits per heavy atom. The van der Waals surface area contributed by atoms with Crippen molar-refractivity contribution in [3.05, 3.63) is 39.4 Å². The fraction of sp³-hybridized carbons (Fsp3) is 0.467. The Labute approximate surface area is 129 Å². The molecule has 1 aliphatic rings. The molecule has 118 valence electrons. The van der Waals surface area contributed by atoms with E-state index >= 15 is 0 Å². The maximum Gasteiger partial charge on any atom is 0.391 e. The van der Waals surface area contributed by atoms with E-state index in [1.54, 1.807) is 24.3 Å². The number of benzene rings is 1. The van der Waals surface area contributed by atoms with Crippen molar-refractivity contribution in [2.24, 2.45) is 5.92 Å². The van der Waals surface area contributed by atoms with Crippen LogP contribution in [0, 0.1) is 10.7 Å². The molecule has 0 spiro atoms. The van der Waals surface area contributed by atoms with Gasteiger partial charge in [-0.05, 0) is 43.6 Å². The fourth-order valence-corrected chi connectivity index (χ4v) is 3.55. The highest BCUT2D eigenvalue weighted by Crippen LogP contribution is 2.41. The zero-order chi connectivity index (χ0) is 15.9. The van der Waals surface area contributed by atoms with Crippen LogP contribution < -0.4 is 5.56 Å². The van der Waals surface area contributed by atoms with E-state index in [-0.39, 0.29) is 23.2 Å². The van der Waals surface area contributed by atoms with E-state index in [1.807, 2.05) is 0 Å². The Morgan fingerprint density at radius 1 is 1.23 bits per heavy atom. The van der Waals surface area contributed by atoms with Crippen LogP contribution in [0.15, 0.2) is 29.1 Å². The molecule has 0 radical (unpaired) electrons. The van der Waals surface area contributed by atoms with Crippen LogP contribution in [0.4, 0.5) is 13.2 Å². The van der Waals surface area contributed by atoms with Crippen molar-refractivity contribution in [1.29, 1.82) is 0 Å².